The van der Waals surface area contributed by atoms with E-state index in [4.69, 9.17) is 0 Å². The maximum atomic E-state index is 12.9. The fourth-order valence-electron chi connectivity index (χ4n) is 4.85. The van der Waals surface area contributed by atoms with Gasteiger partial charge < -0.3 is 0 Å². The number of sulfonamides is 1. The van der Waals surface area contributed by atoms with E-state index >= 15 is 0 Å². The summed E-state index contributed by atoms with van der Waals surface area (Å²) < 4.78 is 26.9. The molecule has 0 saturated carbocycles. The molecule has 27 heavy (non-hydrogen) atoms. The number of fused-ring (bicyclic) bond motifs is 1. The average Bonchev–Trinajstić information content (AvgIpc) is 3.07. The third-order valence-corrected chi connectivity index (χ3v) is 7.97. The predicted octanol–water partition coefficient (Wildman–Crippen LogP) is 3.34. The lowest BCUT2D eigenvalue weighted by atomic mass is 9.65. The summed E-state index contributed by atoms with van der Waals surface area (Å²) in [6, 6.07) is 6.37. The van der Waals surface area contributed by atoms with Crippen molar-refractivity contribution in [1.82, 2.24) is 4.31 Å². The summed E-state index contributed by atoms with van der Waals surface area (Å²) in [6.07, 6.45) is 7.61. The molecule has 3 aliphatic rings. The van der Waals surface area contributed by atoms with Gasteiger partial charge in [0, 0.05) is 18.4 Å². The van der Waals surface area contributed by atoms with Crippen LogP contribution in [0.5, 0.6) is 0 Å². The summed E-state index contributed by atoms with van der Waals surface area (Å²) in [4.78, 5) is 24.7. The van der Waals surface area contributed by atoms with Crippen molar-refractivity contribution in [2.75, 3.05) is 6.54 Å². The number of benzene rings is 1. The number of amides is 1. The number of hydrogen-bond acceptors (Lipinski definition) is 4. The Morgan fingerprint density at radius 3 is 2.59 bits per heavy atom. The number of allylic oxidation sites excluding steroid dienone is 4. The van der Waals surface area contributed by atoms with Crippen molar-refractivity contribution < 1.29 is 18.0 Å². The van der Waals surface area contributed by atoms with E-state index in [1.54, 1.807) is 24.3 Å². The second-order valence-electron chi connectivity index (χ2n) is 7.92. The lowest BCUT2D eigenvalue weighted by molar-refractivity contribution is -0.115. The average molecular weight is 385 g/mol. The minimum Gasteiger partial charge on any atom is -0.295 e. The molecule has 0 N–H and O–H groups in total. The van der Waals surface area contributed by atoms with Gasteiger partial charge in [0.25, 0.3) is 15.9 Å². The van der Waals surface area contributed by atoms with E-state index in [9.17, 15) is 18.0 Å². The van der Waals surface area contributed by atoms with Crippen LogP contribution in [0.3, 0.4) is 0 Å². The molecule has 4 rings (SSSR count). The van der Waals surface area contributed by atoms with Gasteiger partial charge in [-0.1, -0.05) is 43.7 Å². The van der Waals surface area contributed by atoms with Gasteiger partial charge in [-0.2, -0.15) is 0 Å². The molecule has 0 radical (unpaired) electrons. The summed E-state index contributed by atoms with van der Waals surface area (Å²) in [7, 11) is -3.82. The second kappa shape index (κ2) is 6.16. The first-order valence-corrected chi connectivity index (χ1v) is 10.8. The van der Waals surface area contributed by atoms with Gasteiger partial charge in [0.2, 0.25) is 0 Å². The highest BCUT2D eigenvalue weighted by Gasteiger charge is 2.49. The Hall–Kier alpha value is -2.21. The van der Waals surface area contributed by atoms with Gasteiger partial charge in [0.05, 0.1) is 5.56 Å². The van der Waals surface area contributed by atoms with Crippen LogP contribution in [0.25, 0.3) is 0 Å². The largest absolute Gasteiger partial charge is 0.295 e. The molecule has 1 aromatic carbocycles. The van der Waals surface area contributed by atoms with Crippen LogP contribution in [0.15, 0.2) is 53.0 Å². The van der Waals surface area contributed by atoms with Crippen LogP contribution < -0.4 is 0 Å². The van der Waals surface area contributed by atoms with Crippen LogP contribution in [0.1, 0.15) is 43.5 Å². The fraction of sp³-hybridized carbons (Fsp3) is 0.429. The lowest BCUT2D eigenvalue weighted by Gasteiger charge is -2.40. The number of nitrogens with zero attached hydrogens (tertiary/aromatic N) is 1. The molecule has 142 valence electrons. The van der Waals surface area contributed by atoms with Gasteiger partial charge in [-0.3, -0.25) is 9.59 Å². The SMILES string of the molecule is CC(C)C1=CC[C@H](CN2C(=O)c3ccccc3S2(=O)=O)[C@@]12C=CC(=O)CC2. The summed E-state index contributed by atoms with van der Waals surface area (Å²) in [6.45, 7) is 4.38. The molecule has 0 bridgehead atoms. The van der Waals surface area contributed by atoms with Crippen LogP contribution in [0, 0.1) is 17.3 Å². The van der Waals surface area contributed by atoms with Crippen molar-refractivity contribution >= 4 is 21.7 Å². The van der Waals surface area contributed by atoms with E-state index in [0.717, 1.165) is 4.31 Å². The zero-order valence-electron chi connectivity index (χ0n) is 15.5. The molecule has 0 saturated heterocycles. The van der Waals surface area contributed by atoms with E-state index in [2.05, 4.69) is 19.9 Å². The van der Waals surface area contributed by atoms with Crippen LogP contribution in [0.4, 0.5) is 0 Å². The highest BCUT2D eigenvalue weighted by atomic mass is 32.2. The van der Waals surface area contributed by atoms with E-state index < -0.39 is 15.9 Å². The third-order valence-electron chi connectivity index (χ3n) is 6.16. The van der Waals surface area contributed by atoms with Gasteiger partial charge in [0.1, 0.15) is 4.90 Å². The van der Waals surface area contributed by atoms with Crippen LogP contribution >= 0.6 is 0 Å². The Morgan fingerprint density at radius 2 is 1.96 bits per heavy atom. The summed E-state index contributed by atoms with van der Waals surface area (Å²) in [5.74, 6) is -0.0931. The van der Waals surface area contributed by atoms with E-state index in [-0.39, 0.29) is 34.1 Å². The normalized spacial score (nSPS) is 28.9. The molecule has 1 spiro atoms. The molecular formula is C21H23NO4S. The van der Waals surface area contributed by atoms with Crippen LogP contribution in [-0.4, -0.2) is 31.0 Å². The Labute approximate surface area is 159 Å². The number of carbonyl (C=O) groups is 2. The Bertz CT molecular complexity index is 989. The molecule has 6 heteroatoms. The molecule has 0 unspecified atom stereocenters. The maximum absolute atomic E-state index is 12.9. The first kappa shape index (κ1) is 18.2. The number of carbonyl (C=O) groups excluding carboxylic acids is 2. The van der Waals surface area contributed by atoms with Crippen LogP contribution in [-0.2, 0) is 14.8 Å². The van der Waals surface area contributed by atoms with Crippen molar-refractivity contribution in [2.45, 2.75) is 38.0 Å². The monoisotopic (exact) mass is 385 g/mol. The van der Waals surface area contributed by atoms with Gasteiger partial charge in [-0.05, 0) is 42.9 Å². The molecule has 5 nitrogen and oxygen atoms in total. The summed E-state index contributed by atoms with van der Waals surface area (Å²) in [5, 5.41) is 0. The van der Waals surface area contributed by atoms with Crippen molar-refractivity contribution in [3.8, 4) is 0 Å². The Morgan fingerprint density at radius 1 is 1.22 bits per heavy atom. The van der Waals surface area contributed by atoms with Crippen molar-refractivity contribution in [3.63, 3.8) is 0 Å². The van der Waals surface area contributed by atoms with E-state index in [1.165, 1.54) is 11.6 Å². The number of hydrogen-bond donors (Lipinski definition) is 0. The van der Waals surface area contributed by atoms with E-state index in [1.807, 2.05) is 6.08 Å². The highest BCUT2D eigenvalue weighted by molar-refractivity contribution is 7.90. The van der Waals surface area contributed by atoms with E-state index in [0.29, 0.717) is 25.2 Å². The van der Waals surface area contributed by atoms with Crippen LogP contribution in [0.2, 0.25) is 0 Å². The zero-order valence-corrected chi connectivity index (χ0v) is 16.3. The number of rotatable bonds is 3. The molecule has 2 aliphatic carbocycles. The first-order chi connectivity index (χ1) is 12.8. The standard InChI is InChI=1S/C21H23NO4S/c1-14(2)18-8-7-15(21(18)11-9-16(23)10-12-21)13-22-20(24)17-5-3-4-6-19(17)27(22,25)26/h3-6,8-9,11,14-15H,7,10,12-13H2,1-2H3/t15-,21+/m1/s1. The first-order valence-electron chi connectivity index (χ1n) is 9.36. The minimum atomic E-state index is -3.82. The quantitative estimate of drug-likeness (QED) is 0.748. The highest BCUT2D eigenvalue weighted by Crippen LogP contribution is 2.53. The molecule has 0 aromatic heterocycles. The smallest absolute Gasteiger partial charge is 0.269 e. The summed E-state index contributed by atoms with van der Waals surface area (Å²) in [5.41, 5.74) is 1.15. The minimum absolute atomic E-state index is 0.0488. The second-order valence-corrected chi connectivity index (χ2v) is 9.75. The topological polar surface area (TPSA) is 71.5 Å². The Kier molecular flexibility index (Phi) is 4.14. The van der Waals surface area contributed by atoms with Gasteiger partial charge >= 0.3 is 0 Å². The molecule has 2 atom stereocenters. The van der Waals surface area contributed by atoms with Crippen molar-refractivity contribution in [2.24, 2.45) is 17.3 Å². The molecule has 1 aromatic rings. The van der Waals surface area contributed by atoms with Crippen molar-refractivity contribution in [1.29, 1.82) is 0 Å². The van der Waals surface area contributed by atoms with Crippen molar-refractivity contribution in [3.05, 3.63) is 53.6 Å². The maximum Gasteiger partial charge on any atom is 0.269 e. The predicted molar refractivity (Wildman–Crippen MR) is 102 cm³/mol. The molecular weight excluding hydrogens is 362 g/mol. The van der Waals surface area contributed by atoms with Gasteiger partial charge in [0.15, 0.2) is 5.78 Å². The fourth-order valence-corrected chi connectivity index (χ4v) is 6.46. The van der Waals surface area contributed by atoms with Gasteiger partial charge in [-0.25, -0.2) is 12.7 Å². The zero-order chi connectivity index (χ0) is 19.4. The molecule has 1 heterocycles. The molecule has 1 amide bonds. The molecule has 1 aliphatic heterocycles. The number of ketones is 1. The van der Waals surface area contributed by atoms with Gasteiger partial charge in [-0.15, -0.1) is 0 Å². The molecule has 0 fully saturated rings. The Balaban J connectivity index is 1.70. The summed E-state index contributed by atoms with van der Waals surface area (Å²) >= 11 is 0. The third kappa shape index (κ3) is 2.61. The lowest BCUT2D eigenvalue weighted by Crippen LogP contribution is -2.41.